The van der Waals surface area contributed by atoms with E-state index >= 15 is 0 Å². The van der Waals surface area contributed by atoms with E-state index in [1.807, 2.05) is 4.90 Å². The number of non-ortho nitro benzene ring substituents is 1. The van der Waals surface area contributed by atoms with Crippen molar-refractivity contribution in [3.8, 4) is 0 Å². The summed E-state index contributed by atoms with van der Waals surface area (Å²) in [6.45, 7) is 1.52. The van der Waals surface area contributed by atoms with Crippen molar-refractivity contribution in [1.29, 1.82) is 0 Å². The summed E-state index contributed by atoms with van der Waals surface area (Å²) in [6.07, 6.45) is 4.20. The van der Waals surface area contributed by atoms with Crippen LogP contribution in [0.1, 0.15) is 41.6 Å². The van der Waals surface area contributed by atoms with Gasteiger partial charge in [-0.2, -0.15) is 0 Å². The Morgan fingerprint density at radius 1 is 0.815 bits per heavy atom. The predicted octanol–water partition coefficient (Wildman–Crippen LogP) is 4.11. The molecule has 0 atom stereocenters. The summed E-state index contributed by atoms with van der Waals surface area (Å²) < 4.78 is 0. The Hall–Kier alpha value is -3.29. The van der Waals surface area contributed by atoms with Crippen LogP contribution in [-0.2, 0) is 0 Å². The van der Waals surface area contributed by atoms with Gasteiger partial charge < -0.3 is 4.90 Å². The van der Waals surface area contributed by atoms with Crippen molar-refractivity contribution in [2.45, 2.75) is 25.7 Å². The maximum absolute atomic E-state index is 12.6. The third-order valence-electron chi connectivity index (χ3n) is 4.72. The van der Waals surface area contributed by atoms with Crippen LogP contribution in [0.25, 0.3) is 0 Å². The number of carbonyl (C=O) groups excluding carboxylic acids is 1. The summed E-state index contributed by atoms with van der Waals surface area (Å²) in [4.78, 5) is 35.9. The zero-order chi connectivity index (χ0) is 19.4. The van der Waals surface area contributed by atoms with E-state index in [1.165, 1.54) is 30.3 Å². The average Bonchev–Trinajstić information content (AvgIpc) is 2.96. The highest BCUT2D eigenvalue weighted by molar-refractivity contribution is 6.09. The lowest BCUT2D eigenvalue weighted by atomic mass is 10.0. The fraction of sp³-hybridized carbons (Fsp3) is 0.316. The minimum absolute atomic E-state index is 0.0929. The molecule has 1 heterocycles. The standard InChI is InChI=1S/C19H19N3O5/c23-19(14-5-8-16(9-6-14)21(24)25)15-7-10-17(18(13-15)22(26)27)20-11-3-1-2-4-12-20/h5-10,13H,1-4,11-12H2. The van der Waals surface area contributed by atoms with Crippen molar-refractivity contribution in [3.63, 3.8) is 0 Å². The van der Waals surface area contributed by atoms with E-state index in [-0.39, 0.29) is 22.5 Å². The van der Waals surface area contributed by atoms with Crippen molar-refractivity contribution >= 4 is 22.8 Å². The molecule has 2 aromatic rings. The van der Waals surface area contributed by atoms with E-state index in [1.54, 1.807) is 12.1 Å². The Bertz CT molecular complexity index is 871. The average molecular weight is 369 g/mol. The normalized spacial score (nSPS) is 14.4. The molecule has 1 fully saturated rings. The highest BCUT2D eigenvalue weighted by atomic mass is 16.6. The van der Waals surface area contributed by atoms with Gasteiger partial charge in [-0.1, -0.05) is 12.8 Å². The largest absolute Gasteiger partial charge is 0.366 e. The first-order valence-corrected chi connectivity index (χ1v) is 8.80. The van der Waals surface area contributed by atoms with E-state index in [0.717, 1.165) is 38.8 Å². The van der Waals surface area contributed by atoms with E-state index in [0.29, 0.717) is 5.69 Å². The molecule has 0 aliphatic carbocycles. The monoisotopic (exact) mass is 369 g/mol. The number of nitro benzene ring substituents is 2. The van der Waals surface area contributed by atoms with Crippen molar-refractivity contribution in [2.24, 2.45) is 0 Å². The molecular formula is C19H19N3O5. The zero-order valence-corrected chi connectivity index (χ0v) is 14.7. The highest BCUT2D eigenvalue weighted by Crippen LogP contribution is 2.31. The second kappa shape index (κ2) is 7.94. The third-order valence-corrected chi connectivity index (χ3v) is 4.72. The van der Waals surface area contributed by atoms with Gasteiger partial charge in [-0.15, -0.1) is 0 Å². The minimum Gasteiger partial charge on any atom is -0.366 e. The van der Waals surface area contributed by atoms with E-state index in [2.05, 4.69) is 0 Å². The summed E-state index contributed by atoms with van der Waals surface area (Å²) in [6, 6.07) is 9.70. The molecule has 0 unspecified atom stereocenters. The molecule has 0 amide bonds. The lowest BCUT2D eigenvalue weighted by Crippen LogP contribution is -2.24. The molecule has 3 rings (SSSR count). The lowest BCUT2D eigenvalue weighted by molar-refractivity contribution is -0.384. The van der Waals surface area contributed by atoms with Crippen molar-refractivity contribution < 1.29 is 14.6 Å². The summed E-state index contributed by atoms with van der Waals surface area (Å²) in [7, 11) is 0. The molecule has 8 heteroatoms. The van der Waals surface area contributed by atoms with Gasteiger partial charge in [0.15, 0.2) is 5.78 Å². The molecule has 0 spiro atoms. The summed E-state index contributed by atoms with van der Waals surface area (Å²) in [5.41, 5.74) is 0.757. The van der Waals surface area contributed by atoms with Crippen LogP contribution in [-0.4, -0.2) is 28.7 Å². The molecular weight excluding hydrogens is 350 g/mol. The van der Waals surface area contributed by atoms with Crippen LogP contribution in [0.5, 0.6) is 0 Å². The molecule has 1 aliphatic heterocycles. The van der Waals surface area contributed by atoms with Crippen molar-refractivity contribution in [3.05, 3.63) is 73.8 Å². The highest BCUT2D eigenvalue weighted by Gasteiger charge is 2.23. The first-order valence-electron chi connectivity index (χ1n) is 8.80. The number of nitrogens with zero attached hydrogens (tertiary/aromatic N) is 3. The second-order valence-corrected chi connectivity index (χ2v) is 6.49. The van der Waals surface area contributed by atoms with Gasteiger partial charge in [-0.3, -0.25) is 25.0 Å². The summed E-state index contributed by atoms with van der Waals surface area (Å²) in [5.74, 6) is -0.407. The molecule has 1 aliphatic rings. The predicted molar refractivity (Wildman–Crippen MR) is 100 cm³/mol. The number of carbonyl (C=O) groups is 1. The molecule has 8 nitrogen and oxygen atoms in total. The lowest BCUT2D eigenvalue weighted by Gasteiger charge is -2.22. The number of nitro groups is 2. The Labute approximate surface area is 155 Å². The molecule has 1 saturated heterocycles. The van der Waals surface area contributed by atoms with Crippen LogP contribution >= 0.6 is 0 Å². The molecule has 0 saturated carbocycles. The molecule has 0 radical (unpaired) electrons. The Morgan fingerprint density at radius 3 is 1.96 bits per heavy atom. The molecule has 27 heavy (non-hydrogen) atoms. The van der Waals surface area contributed by atoms with Gasteiger partial charge in [-0.05, 0) is 37.1 Å². The van der Waals surface area contributed by atoms with Gasteiger partial charge in [0.2, 0.25) is 0 Å². The minimum atomic E-state index is -0.547. The van der Waals surface area contributed by atoms with Gasteiger partial charge in [-0.25, -0.2) is 0 Å². The first kappa shape index (κ1) is 18.5. The maximum Gasteiger partial charge on any atom is 0.293 e. The number of anilines is 1. The van der Waals surface area contributed by atoms with E-state index in [4.69, 9.17) is 0 Å². The topological polar surface area (TPSA) is 107 Å². The molecule has 2 aromatic carbocycles. The molecule has 140 valence electrons. The summed E-state index contributed by atoms with van der Waals surface area (Å²) in [5, 5.41) is 22.3. The SMILES string of the molecule is O=C(c1ccc([N+](=O)[O-])cc1)c1ccc(N2CCCCCC2)c([N+](=O)[O-])c1. The van der Waals surface area contributed by atoms with Crippen molar-refractivity contribution in [2.75, 3.05) is 18.0 Å². The first-order chi connectivity index (χ1) is 13.0. The Balaban J connectivity index is 1.92. The number of benzene rings is 2. The molecule has 0 N–H and O–H groups in total. The van der Waals surface area contributed by atoms with Crippen LogP contribution in [0.3, 0.4) is 0 Å². The fourth-order valence-corrected chi connectivity index (χ4v) is 3.29. The number of hydrogen-bond donors (Lipinski definition) is 0. The quantitative estimate of drug-likeness (QED) is 0.446. The van der Waals surface area contributed by atoms with Gasteiger partial charge in [0.1, 0.15) is 5.69 Å². The third kappa shape index (κ3) is 4.11. The van der Waals surface area contributed by atoms with E-state index < -0.39 is 15.6 Å². The Morgan fingerprint density at radius 2 is 1.41 bits per heavy atom. The number of ketones is 1. The zero-order valence-electron chi connectivity index (χ0n) is 14.7. The van der Waals surface area contributed by atoms with Crippen molar-refractivity contribution in [1.82, 2.24) is 0 Å². The second-order valence-electron chi connectivity index (χ2n) is 6.49. The molecule has 0 aromatic heterocycles. The fourth-order valence-electron chi connectivity index (χ4n) is 3.29. The number of rotatable bonds is 5. The van der Waals surface area contributed by atoms with Crippen LogP contribution in [0.2, 0.25) is 0 Å². The number of hydrogen-bond acceptors (Lipinski definition) is 6. The summed E-state index contributed by atoms with van der Waals surface area (Å²) >= 11 is 0. The maximum atomic E-state index is 12.6. The van der Waals surface area contributed by atoms with Crippen LogP contribution in [0.4, 0.5) is 17.1 Å². The van der Waals surface area contributed by atoms with Gasteiger partial charge in [0.05, 0.1) is 9.85 Å². The Kier molecular flexibility index (Phi) is 5.44. The van der Waals surface area contributed by atoms with E-state index in [9.17, 15) is 25.0 Å². The smallest absolute Gasteiger partial charge is 0.293 e. The van der Waals surface area contributed by atoms with Crippen LogP contribution < -0.4 is 4.90 Å². The van der Waals surface area contributed by atoms with Gasteiger partial charge >= 0.3 is 0 Å². The van der Waals surface area contributed by atoms with Gasteiger partial charge in [0.25, 0.3) is 11.4 Å². The van der Waals surface area contributed by atoms with Gasteiger partial charge in [0, 0.05) is 42.4 Å². The molecule has 0 bridgehead atoms. The van der Waals surface area contributed by atoms with Crippen LogP contribution in [0, 0.1) is 20.2 Å². The van der Waals surface area contributed by atoms with Crippen LogP contribution in [0.15, 0.2) is 42.5 Å².